The Kier molecular flexibility index (Phi) is 5.07. The summed E-state index contributed by atoms with van der Waals surface area (Å²) < 4.78 is 0. The topological polar surface area (TPSA) is 40.5 Å². The van der Waals surface area contributed by atoms with Gasteiger partial charge in [0, 0.05) is 25.1 Å². The maximum atomic E-state index is 12.2. The molecule has 3 heteroatoms. The number of carbonyl (C=O) groups excluding carboxylic acids is 1. The standard InChI is InChI=1S/C19H27NO2/c1-14(21)16-11-12-20(13-16)18(22)10-7-15-5-8-17(9-6-15)19(2,3)4/h5-10,14,16,21H,11-13H2,1-4H3/b10-7+. The smallest absolute Gasteiger partial charge is 0.246 e. The molecule has 1 saturated heterocycles. The maximum absolute atomic E-state index is 12.2. The summed E-state index contributed by atoms with van der Waals surface area (Å²) in [6, 6.07) is 8.33. The lowest BCUT2D eigenvalue weighted by molar-refractivity contribution is -0.125. The minimum atomic E-state index is -0.341. The van der Waals surface area contributed by atoms with Crippen LogP contribution in [0.25, 0.3) is 6.08 Å². The zero-order chi connectivity index (χ0) is 16.3. The van der Waals surface area contributed by atoms with Crippen LogP contribution in [-0.4, -0.2) is 35.1 Å². The molecule has 1 aliphatic heterocycles. The van der Waals surface area contributed by atoms with Crippen molar-refractivity contribution in [2.24, 2.45) is 5.92 Å². The van der Waals surface area contributed by atoms with Crippen LogP contribution in [0.15, 0.2) is 30.3 Å². The zero-order valence-corrected chi connectivity index (χ0v) is 14.0. The Bertz CT molecular complexity index is 538. The van der Waals surface area contributed by atoms with Crippen LogP contribution < -0.4 is 0 Å². The van der Waals surface area contributed by atoms with Gasteiger partial charge in [0.1, 0.15) is 0 Å². The normalized spacial score (nSPS) is 20.6. The van der Waals surface area contributed by atoms with Crippen molar-refractivity contribution in [1.82, 2.24) is 4.90 Å². The number of amides is 1. The number of hydrogen-bond acceptors (Lipinski definition) is 2. The average Bonchev–Trinajstić information content (AvgIpc) is 2.94. The maximum Gasteiger partial charge on any atom is 0.246 e. The van der Waals surface area contributed by atoms with Crippen LogP contribution in [0, 0.1) is 5.92 Å². The quantitative estimate of drug-likeness (QED) is 0.871. The molecule has 2 rings (SSSR count). The fourth-order valence-corrected chi connectivity index (χ4v) is 2.75. The minimum Gasteiger partial charge on any atom is -0.393 e. The van der Waals surface area contributed by atoms with Gasteiger partial charge in [-0.2, -0.15) is 0 Å². The summed E-state index contributed by atoms with van der Waals surface area (Å²) in [5, 5.41) is 9.60. The highest BCUT2D eigenvalue weighted by Crippen LogP contribution is 2.23. The average molecular weight is 301 g/mol. The molecule has 2 atom stereocenters. The van der Waals surface area contributed by atoms with Gasteiger partial charge in [-0.1, -0.05) is 45.0 Å². The first-order valence-electron chi connectivity index (χ1n) is 8.03. The number of nitrogens with zero attached hydrogens (tertiary/aromatic N) is 1. The second kappa shape index (κ2) is 6.66. The molecular formula is C19H27NO2. The number of benzene rings is 1. The van der Waals surface area contributed by atoms with Gasteiger partial charge in [0.05, 0.1) is 6.10 Å². The lowest BCUT2D eigenvalue weighted by Gasteiger charge is -2.18. The van der Waals surface area contributed by atoms with Gasteiger partial charge in [-0.05, 0) is 36.0 Å². The Morgan fingerprint density at radius 2 is 1.95 bits per heavy atom. The van der Waals surface area contributed by atoms with Crippen molar-refractivity contribution in [1.29, 1.82) is 0 Å². The third kappa shape index (κ3) is 4.20. The van der Waals surface area contributed by atoms with E-state index >= 15 is 0 Å². The number of aliphatic hydroxyl groups is 1. The van der Waals surface area contributed by atoms with E-state index in [0.29, 0.717) is 6.54 Å². The zero-order valence-electron chi connectivity index (χ0n) is 14.0. The summed E-state index contributed by atoms with van der Waals surface area (Å²) >= 11 is 0. The van der Waals surface area contributed by atoms with Crippen LogP contribution in [0.1, 0.15) is 45.2 Å². The largest absolute Gasteiger partial charge is 0.393 e. The van der Waals surface area contributed by atoms with Crippen LogP contribution in [0.3, 0.4) is 0 Å². The Balaban J connectivity index is 1.96. The summed E-state index contributed by atoms with van der Waals surface area (Å²) in [5.41, 5.74) is 2.46. The van der Waals surface area contributed by atoms with E-state index in [4.69, 9.17) is 0 Å². The van der Waals surface area contributed by atoms with Crippen molar-refractivity contribution < 1.29 is 9.90 Å². The highest BCUT2D eigenvalue weighted by molar-refractivity contribution is 5.91. The lowest BCUT2D eigenvalue weighted by Crippen LogP contribution is -2.28. The summed E-state index contributed by atoms with van der Waals surface area (Å²) in [4.78, 5) is 14.0. The summed E-state index contributed by atoms with van der Waals surface area (Å²) in [5.74, 6) is 0.242. The van der Waals surface area contributed by atoms with E-state index in [-0.39, 0.29) is 23.3 Å². The van der Waals surface area contributed by atoms with Crippen LogP contribution in [0.5, 0.6) is 0 Å². The van der Waals surface area contributed by atoms with Crippen LogP contribution >= 0.6 is 0 Å². The molecule has 1 aromatic carbocycles. The minimum absolute atomic E-state index is 0.0306. The number of carbonyl (C=O) groups is 1. The predicted molar refractivity (Wildman–Crippen MR) is 90.5 cm³/mol. The molecule has 120 valence electrons. The van der Waals surface area contributed by atoms with Gasteiger partial charge in [-0.15, -0.1) is 0 Å². The van der Waals surface area contributed by atoms with E-state index in [9.17, 15) is 9.90 Å². The predicted octanol–water partition coefficient (Wildman–Crippen LogP) is 3.23. The monoisotopic (exact) mass is 301 g/mol. The molecule has 0 aromatic heterocycles. The van der Waals surface area contributed by atoms with Crippen LogP contribution in [-0.2, 0) is 10.2 Å². The van der Waals surface area contributed by atoms with E-state index in [1.54, 1.807) is 13.0 Å². The molecule has 2 unspecified atom stereocenters. The van der Waals surface area contributed by atoms with E-state index < -0.39 is 0 Å². The third-order valence-electron chi connectivity index (χ3n) is 4.41. The Morgan fingerprint density at radius 1 is 1.32 bits per heavy atom. The number of rotatable bonds is 3. The van der Waals surface area contributed by atoms with E-state index in [2.05, 4.69) is 32.9 Å². The molecule has 0 spiro atoms. The SMILES string of the molecule is CC(O)C1CCN(C(=O)/C=C/c2ccc(C(C)(C)C)cc2)C1. The molecule has 0 saturated carbocycles. The highest BCUT2D eigenvalue weighted by Gasteiger charge is 2.27. The fourth-order valence-electron chi connectivity index (χ4n) is 2.75. The van der Waals surface area contributed by atoms with Crippen molar-refractivity contribution in [3.8, 4) is 0 Å². The number of hydrogen-bond donors (Lipinski definition) is 1. The second-order valence-corrected chi connectivity index (χ2v) is 7.28. The van der Waals surface area contributed by atoms with Crippen molar-refractivity contribution in [3.05, 3.63) is 41.5 Å². The molecule has 1 N–H and O–H groups in total. The third-order valence-corrected chi connectivity index (χ3v) is 4.41. The van der Waals surface area contributed by atoms with Crippen molar-refractivity contribution >= 4 is 12.0 Å². The highest BCUT2D eigenvalue weighted by atomic mass is 16.3. The fraction of sp³-hybridized carbons (Fsp3) is 0.526. The summed E-state index contributed by atoms with van der Waals surface area (Å²) in [6.07, 6.45) is 4.05. The van der Waals surface area contributed by atoms with Crippen molar-refractivity contribution in [3.63, 3.8) is 0 Å². The van der Waals surface area contributed by atoms with Gasteiger partial charge in [-0.3, -0.25) is 4.79 Å². The van der Waals surface area contributed by atoms with Crippen molar-refractivity contribution in [2.45, 2.75) is 45.6 Å². The molecule has 1 aromatic rings. The number of aliphatic hydroxyl groups excluding tert-OH is 1. The molecule has 3 nitrogen and oxygen atoms in total. The first-order chi connectivity index (χ1) is 10.3. The molecule has 1 aliphatic rings. The summed E-state index contributed by atoms with van der Waals surface area (Å²) in [7, 11) is 0. The molecule has 22 heavy (non-hydrogen) atoms. The molecular weight excluding hydrogens is 274 g/mol. The second-order valence-electron chi connectivity index (χ2n) is 7.28. The van der Waals surface area contributed by atoms with Gasteiger partial charge in [-0.25, -0.2) is 0 Å². The Morgan fingerprint density at radius 3 is 2.45 bits per heavy atom. The van der Waals surface area contributed by atoms with Crippen molar-refractivity contribution in [2.75, 3.05) is 13.1 Å². The van der Waals surface area contributed by atoms with Gasteiger partial charge in [0.25, 0.3) is 0 Å². The Labute approximate surface area is 133 Å². The molecule has 0 bridgehead atoms. The van der Waals surface area contributed by atoms with Gasteiger partial charge >= 0.3 is 0 Å². The van der Waals surface area contributed by atoms with E-state index in [1.165, 1.54) is 5.56 Å². The van der Waals surface area contributed by atoms with Gasteiger partial charge in [0.15, 0.2) is 0 Å². The molecule has 1 fully saturated rings. The van der Waals surface area contributed by atoms with E-state index in [0.717, 1.165) is 18.5 Å². The molecule has 1 amide bonds. The molecule has 0 aliphatic carbocycles. The summed E-state index contributed by atoms with van der Waals surface area (Å²) in [6.45, 7) is 9.75. The molecule has 0 radical (unpaired) electrons. The van der Waals surface area contributed by atoms with Crippen LogP contribution in [0.2, 0.25) is 0 Å². The first kappa shape index (κ1) is 16.8. The van der Waals surface area contributed by atoms with Gasteiger partial charge < -0.3 is 10.0 Å². The number of likely N-dealkylation sites (tertiary alicyclic amines) is 1. The van der Waals surface area contributed by atoms with E-state index in [1.807, 2.05) is 23.1 Å². The Hall–Kier alpha value is -1.61. The van der Waals surface area contributed by atoms with Crippen LogP contribution in [0.4, 0.5) is 0 Å². The lowest BCUT2D eigenvalue weighted by atomic mass is 9.87. The molecule has 1 heterocycles. The first-order valence-corrected chi connectivity index (χ1v) is 8.03. The van der Waals surface area contributed by atoms with Gasteiger partial charge in [0.2, 0.25) is 5.91 Å².